The van der Waals surface area contributed by atoms with E-state index in [9.17, 15) is 13.2 Å². The Kier molecular flexibility index (Phi) is 2.87. The summed E-state index contributed by atoms with van der Waals surface area (Å²) >= 11 is 0. The van der Waals surface area contributed by atoms with Crippen molar-refractivity contribution in [1.29, 1.82) is 0 Å². The summed E-state index contributed by atoms with van der Waals surface area (Å²) in [4.78, 5) is 0. The van der Waals surface area contributed by atoms with Crippen LogP contribution in [-0.2, 0) is 10.9 Å². The molecular weight excluding hydrogens is 173 g/mol. The van der Waals surface area contributed by atoms with Gasteiger partial charge in [0.25, 0.3) is 0 Å². The molecule has 1 saturated heterocycles. The molecular formula is C7H10F3S+. The van der Waals surface area contributed by atoms with Crippen molar-refractivity contribution < 1.29 is 13.2 Å². The van der Waals surface area contributed by atoms with E-state index in [2.05, 4.69) is 0 Å². The quantitative estimate of drug-likeness (QED) is 0.548. The topological polar surface area (TPSA) is 0 Å². The Morgan fingerprint density at radius 2 is 1.64 bits per heavy atom. The standard InChI is InChI=1S/C7H10F3S/c8-7(9,10)3-6-11-4-1-2-5-11/h3,6H,1-2,4-5H2/q+1/b6-3+. The van der Waals surface area contributed by atoms with Crippen LogP contribution in [-0.4, -0.2) is 17.7 Å². The molecule has 1 rings (SSSR count). The molecule has 4 heteroatoms. The first-order chi connectivity index (χ1) is 5.08. The van der Waals surface area contributed by atoms with Crippen LogP contribution in [0.1, 0.15) is 12.8 Å². The zero-order valence-corrected chi connectivity index (χ0v) is 6.84. The predicted molar refractivity (Wildman–Crippen MR) is 41.5 cm³/mol. The maximum atomic E-state index is 11.6. The van der Waals surface area contributed by atoms with Crippen molar-refractivity contribution in [2.24, 2.45) is 0 Å². The monoisotopic (exact) mass is 183 g/mol. The lowest BCUT2D eigenvalue weighted by atomic mass is 10.4. The summed E-state index contributed by atoms with van der Waals surface area (Å²) in [6, 6.07) is 0. The molecule has 11 heavy (non-hydrogen) atoms. The van der Waals surface area contributed by atoms with Crippen molar-refractivity contribution in [3.63, 3.8) is 0 Å². The zero-order chi connectivity index (χ0) is 8.32. The van der Waals surface area contributed by atoms with Crippen molar-refractivity contribution in [3.05, 3.63) is 11.5 Å². The van der Waals surface area contributed by atoms with Crippen LogP contribution < -0.4 is 0 Å². The predicted octanol–water partition coefficient (Wildman–Crippen LogP) is 2.47. The SMILES string of the molecule is FC(F)(F)/C=C/[S+]1CCCC1. The van der Waals surface area contributed by atoms with Gasteiger partial charge in [0.15, 0.2) is 0 Å². The molecule has 0 amide bonds. The summed E-state index contributed by atoms with van der Waals surface area (Å²) in [7, 11) is -0.0743. The summed E-state index contributed by atoms with van der Waals surface area (Å²) in [6.07, 6.45) is -1.56. The average Bonchev–Trinajstić information content (AvgIpc) is 2.32. The molecule has 1 aliphatic heterocycles. The maximum absolute atomic E-state index is 11.6. The van der Waals surface area contributed by atoms with E-state index in [0.29, 0.717) is 6.08 Å². The van der Waals surface area contributed by atoms with Gasteiger partial charge in [-0.3, -0.25) is 0 Å². The van der Waals surface area contributed by atoms with Gasteiger partial charge in [-0.2, -0.15) is 13.2 Å². The van der Waals surface area contributed by atoms with E-state index in [4.69, 9.17) is 0 Å². The van der Waals surface area contributed by atoms with Gasteiger partial charge in [-0.25, -0.2) is 0 Å². The number of halogens is 3. The van der Waals surface area contributed by atoms with Crippen LogP contribution in [0.3, 0.4) is 0 Å². The van der Waals surface area contributed by atoms with Crippen molar-refractivity contribution in [2.45, 2.75) is 19.0 Å². The van der Waals surface area contributed by atoms with Crippen LogP contribution >= 0.6 is 0 Å². The first-order valence-electron chi connectivity index (χ1n) is 3.50. The Morgan fingerprint density at radius 1 is 1.09 bits per heavy atom. The summed E-state index contributed by atoms with van der Waals surface area (Å²) in [5.74, 6) is 1.90. The molecule has 0 radical (unpaired) electrons. The van der Waals surface area contributed by atoms with Gasteiger partial charge in [0.05, 0.1) is 6.08 Å². The first kappa shape index (κ1) is 8.97. The minimum atomic E-state index is -4.12. The zero-order valence-electron chi connectivity index (χ0n) is 6.03. The van der Waals surface area contributed by atoms with Gasteiger partial charge in [-0.1, -0.05) is 0 Å². The Hall–Kier alpha value is -0.120. The van der Waals surface area contributed by atoms with Crippen molar-refractivity contribution in [2.75, 3.05) is 11.5 Å². The normalized spacial score (nSPS) is 21.7. The van der Waals surface area contributed by atoms with Gasteiger partial charge in [0.2, 0.25) is 0 Å². The number of hydrogen-bond acceptors (Lipinski definition) is 0. The van der Waals surface area contributed by atoms with E-state index in [1.165, 1.54) is 5.41 Å². The van der Waals surface area contributed by atoms with Crippen molar-refractivity contribution in [3.8, 4) is 0 Å². The third kappa shape index (κ3) is 3.70. The van der Waals surface area contributed by atoms with Crippen LogP contribution in [0.15, 0.2) is 11.5 Å². The van der Waals surface area contributed by atoms with Crippen LogP contribution in [0.25, 0.3) is 0 Å². The highest BCUT2D eigenvalue weighted by Crippen LogP contribution is 2.20. The second-order valence-electron chi connectivity index (χ2n) is 2.50. The minimum absolute atomic E-state index is 0.0743. The van der Waals surface area contributed by atoms with E-state index in [1.54, 1.807) is 0 Å². The fraction of sp³-hybridized carbons (Fsp3) is 0.714. The minimum Gasteiger partial charge on any atom is -0.167 e. The highest BCUT2D eigenvalue weighted by Gasteiger charge is 2.27. The van der Waals surface area contributed by atoms with Gasteiger partial charge in [0, 0.05) is 10.9 Å². The molecule has 0 unspecified atom stereocenters. The highest BCUT2D eigenvalue weighted by molar-refractivity contribution is 7.99. The molecule has 0 N–H and O–H groups in total. The summed E-state index contributed by atoms with van der Waals surface area (Å²) in [6.45, 7) is 0. The number of alkyl halides is 3. The molecule has 0 aromatic heterocycles. The van der Waals surface area contributed by atoms with Crippen LogP contribution in [0, 0.1) is 0 Å². The lowest BCUT2D eigenvalue weighted by Crippen LogP contribution is -2.04. The Balaban J connectivity index is 2.34. The molecule has 64 valence electrons. The van der Waals surface area contributed by atoms with E-state index in [-0.39, 0.29) is 10.9 Å². The van der Waals surface area contributed by atoms with Gasteiger partial charge >= 0.3 is 6.18 Å². The molecule has 0 nitrogen and oxygen atoms in total. The van der Waals surface area contributed by atoms with E-state index < -0.39 is 6.18 Å². The molecule has 0 bridgehead atoms. The summed E-state index contributed by atoms with van der Waals surface area (Å²) in [5, 5.41) is 1.33. The van der Waals surface area contributed by atoms with Crippen LogP contribution in [0.4, 0.5) is 13.2 Å². The molecule has 0 aromatic rings. The largest absolute Gasteiger partial charge is 0.413 e. The lowest BCUT2D eigenvalue weighted by molar-refractivity contribution is -0.0796. The average molecular weight is 183 g/mol. The third-order valence-corrected chi connectivity index (χ3v) is 3.66. The summed E-state index contributed by atoms with van der Waals surface area (Å²) in [5.41, 5.74) is 0. The van der Waals surface area contributed by atoms with Crippen molar-refractivity contribution in [1.82, 2.24) is 0 Å². The van der Waals surface area contributed by atoms with Crippen LogP contribution in [0.2, 0.25) is 0 Å². The Labute approximate surface area is 66.8 Å². The Morgan fingerprint density at radius 3 is 2.09 bits per heavy atom. The summed E-state index contributed by atoms with van der Waals surface area (Å²) < 4.78 is 34.9. The van der Waals surface area contributed by atoms with Gasteiger partial charge < -0.3 is 0 Å². The van der Waals surface area contributed by atoms with Gasteiger partial charge in [-0.15, -0.1) is 0 Å². The third-order valence-electron chi connectivity index (χ3n) is 1.51. The van der Waals surface area contributed by atoms with E-state index in [0.717, 1.165) is 24.3 Å². The highest BCUT2D eigenvalue weighted by atomic mass is 32.2. The molecule has 1 heterocycles. The molecule has 0 spiro atoms. The number of rotatable bonds is 1. The molecule has 1 fully saturated rings. The number of allylic oxidation sites excluding steroid dienone is 1. The van der Waals surface area contributed by atoms with Crippen molar-refractivity contribution >= 4 is 10.9 Å². The molecule has 0 aliphatic carbocycles. The van der Waals surface area contributed by atoms with Crippen LogP contribution in [0.5, 0.6) is 0 Å². The number of hydrogen-bond donors (Lipinski definition) is 0. The fourth-order valence-electron chi connectivity index (χ4n) is 0.986. The molecule has 0 saturated carbocycles. The molecule has 0 aromatic carbocycles. The van der Waals surface area contributed by atoms with E-state index >= 15 is 0 Å². The van der Waals surface area contributed by atoms with E-state index in [1.807, 2.05) is 0 Å². The van der Waals surface area contributed by atoms with Gasteiger partial charge in [0.1, 0.15) is 16.9 Å². The van der Waals surface area contributed by atoms with Gasteiger partial charge in [-0.05, 0) is 12.8 Å². The second kappa shape index (κ2) is 3.52. The maximum Gasteiger partial charge on any atom is 0.413 e. The Bertz CT molecular complexity index is 144. The molecule has 1 aliphatic rings. The second-order valence-corrected chi connectivity index (χ2v) is 4.66. The fourth-order valence-corrected chi connectivity index (χ4v) is 2.96. The smallest absolute Gasteiger partial charge is 0.167 e. The molecule has 0 atom stereocenters. The lowest BCUT2D eigenvalue weighted by Gasteiger charge is -1.96. The first-order valence-corrected chi connectivity index (χ1v) is 5.13.